The largest absolute Gasteiger partial charge is 0.466 e. The quantitative estimate of drug-likeness (QED) is 0.0195. The number of aliphatic hydroxyl groups excluding tert-OH is 5. The summed E-state index contributed by atoms with van der Waals surface area (Å²) in [5.41, 5.74) is 0. The number of rotatable bonds is 71. The molecule has 0 aromatic heterocycles. The summed E-state index contributed by atoms with van der Waals surface area (Å²) in [5, 5.41) is 54.3. The molecular formula is C80H151NO10. The van der Waals surface area contributed by atoms with Gasteiger partial charge in [-0.15, -0.1) is 0 Å². The van der Waals surface area contributed by atoms with Crippen molar-refractivity contribution in [2.45, 2.75) is 442 Å². The molecule has 11 nitrogen and oxygen atoms in total. The highest BCUT2D eigenvalue weighted by Crippen LogP contribution is 2.24. The Hall–Kier alpha value is -2.12. The van der Waals surface area contributed by atoms with E-state index >= 15 is 0 Å². The molecule has 1 fully saturated rings. The van der Waals surface area contributed by atoms with Crippen molar-refractivity contribution in [1.82, 2.24) is 5.32 Å². The number of ether oxygens (including phenoxy) is 3. The van der Waals surface area contributed by atoms with Crippen LogP contribution in [0.3, 0.4) is 0 Å². The van der Waals surface area contributed by atoms with E-state index in [1.165, 1.54) is 321 Å². The van der Waals surface area contributed by atoms with Crippen LogP contribution in [0.25, 0.3) is 0 Å². The Morgan fingerprint density at radius 1 is 0.396 bits per heavy atom. The zero-order valence-corrected chi connectivity index (χ0v) is 59.8. The zero-order chi connectivity index (χ0) is 65.8. The predicted octanol–water partition coefficient (Wildman–Crippen LogP) is 21.3. The molecule has 1 saturated heterocycles. The maximum Gasteiger partial charge on any atom is 0.305 e. The topological polar surface area (TPSA) is 175 Å². The summed E-state index contributed by atoms with van der Waals surface area (Å²) in [7, 11) is 0. The van der Waals surface area contributed by atoms with Gasteiger partial charge in [0.25, 0.3) is 0 Å². The van der Waals surface area contributed by atoms with Crippen molar-refractivity contribution < 1.29 is 49.3 Å². The molecule has 0 bridgehead atoms. The first kappa shape index (κ1) is 86.9. The molecule has 0 aromatic carbocycles. The second-order valence-corrected chi connectivity index (χ2v) is 27.8. The van der Waals surface area contributed by atoms with Gasteiger partial charge in [-0.1, -0.05) is 352 Å². The number of allylic oxidation sites excluding steroid dienone is 5. The first-order valence-corrected chi connectivity index (χ1v) is 39.8. The van der Waals surface area contributed by atoms with Crippen molar-refractivity contribution in [2.75, 3.05) is 19.8 Å². The van der Waals surface area contributed by atoms with E-state index in [4.69, 9.17) is 14.2 Å². The van der Waals surface area contributed by atoms with Crippen molar-refractivity contribution >= 4 is 11.9 Å². The maximum absolute atomic E-state index is 13.0. The van der Waals surface area contributed by atoms with Crippen molar-refractivity contribution in [3.05, 3.63) is 36.5 Å². The van der Waals surface area contributed by atoms with Gasteiger partial charge in [-0.3, -0.25) is 9.59 Å². The molecule has 0 saturated carbocycles. The molecule has 1 heterocycles. The van der Waals surface area contributed by atoms with Crippen LogP contribution in [0.2, 0.25) is 0 Å². The summed E-state index contributed by atoms with van der Waals surface area (Å²) in [5.74, 6) is -0.168. The Kier molecular flexibility index (Phi) is 66.1. The van der Waals surface area contributed by atoms with Gasteiger partial charge in [-0.05, 0) is 70.6 Å². The van der Waals surface area contributed by atoms with Gasteiger partial charge in [0.15, 0.2) is 6.29 Å². The summed E-state index contributed by atoms with van der Waals surface area (Å²) in [6.07, 6.45) is 80.7. The summed E-state index contributed by atoms with van der Waals surface area (Å²) >= 11 is 0. The minimum absolute atomic E-state index is 0.0201. The number of aliphatic hydroxyl groups is 5. The van der Waals surface area contributed by atoms with E-state index in [2.05, 4.69) is 43.5 Å². The van der Waals surface area contributed by atoms with Crippen LogP contribution in [-0.4, -0.2) is 100 Å². The fraction of sp³-hybridized carbons (Fsp3) is 0.900. The third-order valence-corrected chi connectivity index (χ3v) is 19.0. The molecule has 7 unspecified atom stereocenters. The molecule has 11 heteroatoms. The predicted molar refractivity (Wildman–Crippen MR) is 384 cm³/mol. The zero-order valence-electron chi connectivity index (χ0n) is 59.8. The highest BCUT2D eigenvalue weighted by Gasteiger charge is 2.44. The summed E-state index contributed by atoms with van der Waals surface area (Å²) in [6.45, 7) is 4.33. The molecule has 1 aliphatic heterocycles. The number of nitrogens with one attached hydrogen (secondary N) is 1. The molecule has 0 aliphatic carbocycles. The molecule has 91 heavy (non-hydrogen) atoms. The van der Waals surface area contributed by atoms with Crippen molar-refractivity contribution in [1.29, 1.82) is 0 Å². The van der Waals surface area contributed by atoms with E-state index in [0.29, 0.717) is 19.4 Å². The van der Waals surface area contributed by atoms with Gasteiger partial charge in [0.2, 0.25) is 5.91 Å². The summed E-state index contributed by atoms with van der Waals surface area (Å²) < 4.78 is 16.7. The molecule has 0 spiro atoms. The number of hydrogen-bond acceptors (Lipinski definition) is 10. The van der Waals surface area contributed by atoms with Crippen LogP contribution in [0, 0.1) is 0 Å². The van der Waals surface area contributed by atoms with Crippen LogP contribution in [0.15, 0.2) is 36.5 Å². The van der Waals surface area contributed by atoms with Crippen LogP contribution in [0.4, 0.5) is 0 Å². The van der Waals surface area contributed by atoms with E-state index in [0.717, 1.165) is 51.4 Å². The van der Waals surface area contributed by atoms with Crippen LogP contribution < -0.4 is 5.32 Å². The van der Waals surface area contributed by atoms with Gasteiger partial charge >= 0.3 is 5.97 Å². The lowest BCUT2D eigenvalue weighted by molar-refractivity contribution is -0.302. The van der Waals surface area contributed by atoms with Crippen LogP contribution in [0.1, 0.15) is 399 Å². The van der Waals surface area contributed by atoms with Crippen LogP contribution >= 0.6 is 0 Å². The molecule has 1 amide bonds. The Bertz CT molecular complexity index is 1610. The summed E-state index contributed by atoms with van der Waals surface area (Å²) in [6, 6.07) is -0.823. The number of unbranched alkanes of at least 4 members (excludes halogenated alkanes) is 53. The Morgan fingerprint density at radius 2 is 0.714 bits per heavy atom. The number of carbonyl (C=O) groups is 2. The number of carbonyl (C=O) groups excluding carboxylic acids is 2. The fourth-order valence-electron chi connectivity index (χ4n) is 12.7. The van der Waals surface area contributed by atoms with E-state index in [1.807, 2.05) is 6.08 Å². The fourth-order valence-corrected chi connectivity index (χ4v) is 12.7. The highest BCUT2D eigenvalue weighted by atomic mass is 16.7. The average molecular weight is 1290 g/mol. The van der Waals surface area contributed by atoms with Gasteiger partial charge in [0.1, 0.15) is 24.4 Å². The Balaban J connectivity index is 1.85. The van der Waals surface area contributed by atoms with Gasteiger partial charge in [-0.2, -0.15) is 0 Å². The molecule has 536 valence electrons. The lowest BCUT2D eigenvalue weighted by atomic mass is 9.99. The van der Waals surface area contributed by atoms with Crippen molar-refractivity contribution in [3.8, 4) is 0 Å². The van der Waals surface area contributed by atoms with Gasteiger partial charge in [0.05, 0.1) is 32.0 Å². The standard InChI is InChI=1S/C80H151NO10/c1-3-5-7-9-11-13-14-15-41-45-48-52-56-60-64-68-76(85)89-69-65-61-57-53-49-46-43-40-38-36-34-32-30-28-26-24-22-20-18-16-17-19-21-23-25-27-29-31-33-35-37-39-42-44-47-51-55-59-63-67-75(84)81-72(73(83)66-62-58-54-50-12-10-8-6-4-2)71-90-80-79(88)78(87)77(86)74(70-82)91-80/h12,16-17,50,62,66,72-74,77-80,82-83,86-88H,3-11,13-15,18-49,51-61,63-65,67-71H2,1-2H3,(H,81,84)/b17-16-,50-12+,66-62+. The molecule has 1 aliphatic rings. The Labute approximate surface area is 562 Å². The number of amides is 1. The monoisotopic (exact) mass is 1290 g/mol. The van der Waals surface area contributed by atoms with Crippen LogP contribution in [0.5, 0.6) is 0 Å². The average Bonchev–Trinajstić information content (AvgIpc) is 1.22. The normalized spacial score (nSPS) is 17.7. The lowest BCUT2D eigenvalue weighted by Crippen LogP contribution is -2.60. The number of esters is 1. The van der Waals surface area contributed by atoms with Crippen LogP contribution in [-0.2, 0) is 23.8 Å². The second kappa shape index (κ2) is 69.2. The second-order valence-electron chi connectivity index (χ2n) is 27.8. The van der Waals surface area contributed by atoms with Gasteiger partial charge < -0.3 is 45.1 Å². The van der Waals surface area contributed by atoms with Crippen molar-refractivity contribution in [2.24, 2.45) is 0 Å². The number of hydrogen-bond donors (Lipinski definition) is 6. The lowest BCUT2D eigenvalue weighted by Gasteiger charge is -2.40. The molecule has 6 N–H and O–H groups in total. The van der Waals surface area contributed by atoms with E-state index in [1.54, 1.807) is 6.08 Å². The first-order chi connectivity index (χ1) is 44.7. The Morgan fingerprint density at radius 3 is 1.11 bits per heavy atom. The summed E-state index contributed by atoms with van der Waals surface area (Å²) in [4.78, 5) is 25.1. The first-order valence-electron chi connectivity index (χ1n) is 39.8. The highest BCUT2D eigenvalue weighted by molar-refractivity contribution is 5.76. The molecule has 0 aromatic rings. The molecule has 7 atom stereocenters. The minimum Gasteiger partial charge on any atom is -0.466 e. The maximum atomic E-state index is 13.0. The molecule has 1 rings (SSSR count). The van der Waals surface area contributed by atoms with Crippen molar-refractivity contribution in [3.63, 3.8) is 0 Å². The van der Waals surface area contributed by atoms with E-state index in [9.17, 15) is 35.1 Å². The van der Waals surface area contributed by atoms with E-state index in [-0.39, 0.29) is 18.5 Å². The van der Waals surface area contributed by atoms with Gasteiger partial charge in [0, 0.05) is 12.8 Å². The van der Waals surface area contributed by atoms with Gasteiger partial charge in [-0.25, -0.2) is 0 Å². The smallest absolute Gasteiger partial charge is 0.305 e. The molecule has 0 radical (unpaired) electrons. The molecular weight excluding hydrogens is 1130 g/mol. The van der Waals surface area contributed by atoms with E-state index < -0.39 is 49.5 Å². The minimum atomic E-state index is -1.57. The SMILES string of the molecule is CCCCC/C=C/CC/C=C/C(O)C(COC1OC(CO)C(O)C(O)C1O)NC(=O)CCCCCCCCCCCCCCCCCCC/C=C\CCCCCCCCCCCCCCCCCCCCOC(=O)CCCCCCCCCCCCCCCCC. The third-order valence-electron chi connectivity index (χ3n) is 19.0. The third kappa shape index (κ3) is 57.8.